The van der Waals surface area contributed by atoms with Gasteiger partial charge in [-0.15, -0.1) is 0 Å². The van der Waals surface area contributed by atoms with Gasteiger partial charge in [-0.05, 0) is 37.5 Å². The molecule has 0 unspecified atom stereocenters. The third-order valence-electron chi connectivity index (χ3n) is 3.01. The Morgan fingerprint density at radius 1 is 0.789 bits per heavy atom. The van der Waals surface area contributed by atoms with E-state index in [4.69, 9.17) is 10.2 Å². The van der Waals surface area contributed by atoms with Crippen LogP contribution >= 0.6 is 0 Å². The van der Waals surface area contributed by atoms with E-state index in [1.165, 1.54) is 50.5 Å². The van der Waals surface area contributed by atoms with E-state index in [0.29, 0.717) is 5.75 Å². The molecule has 1 aromatic rings. The maximum absolute atomic E-state index is 9.15. The number of hydrogen-bond donors (Lipinski definition) is 2. The van der Waals surface area contributed by atoms with Crippen molar-refractivity contribution in [3.63, 3.8) is 0 Å². The molecule has 2 heteroatoms. The molecule has 0 saturated heterocycles. The van der Waals surface area contributed by atoms with Gasteiger partial charge < -0.3 is 10.2 Å². The molecule has 0 aromatic heterocycles. The van der Waals surface area contributed by atoms with Crippen LogP contribution in [0.1, 0.15) is 64.4 Å². The van der Waals surface area contributed by atoms with E-state index in [-0.39, 0.29) is 6.61 Å². The lowest BCUT2D eigenvalue weighted by Gasteiger charge is -2.02. The number of aryl methyl sites for hydroxylation is 1. The van der Waals surface area contributed by atoms with Gasteiger partial charge in [0.25, 0.3) is 0 Å². The van der Waals surface area contributed by atoms with Crippen LogP contribution in [-0.4, -0.2) is 16.8 Å². The summed E-state index contributed by atoms with van der Waals surface area (Å²) in [4.78, 5) is 0. The average Bonchev–Trinajstić information content (AvgIpc) is 2.41. The minimum absolute atomic E-state index is 0.250. The van der Waals surface area contributed by atoms with Crippen molar-refractivity contribution < 1.29 is 10.2 Å². The van der Waals surface area contributed by atoms with E-state index in [2.05, 4.69) is 6.92 Å². The van der Waals surface area contributed by atoms with Crippen LogP contribution in [0, 0.1) is 0 Å². The van der Waals surface area contributed by atoms with Crippen molar-refractivity contribution in [2.24, 2.45) is 0 Å². The second kappa shape index (κ2) is 13.4. The number of aromatic hydroxyl groups is 1. The van der Waals surface area contributed by atoms with Crippen LogP contribution in [0.2, 0.25) is 0 Å². The summed E-state index contributed by atoms with van der Waals surface area (Å²) < 4.78 is 0. The lowest BCUT2D eigenvalue weighted by Crippen LogP contribution is -1.85. The van der Waals surface area contributed by atoms with Crippen molar-refractivity contribution in [1.29, 1.82) is 0 Å². The summed E-state index contributed by atoms with van der Waals surface area (Å²) in [6.07, 6.45) is 10.6. The van der Waals surface area contributed by atoms with E-state index < -0.39 is 0 Å². The third-order valence-corrected chi connectivity index (χ3v) is 3.01. The summed E-state index contributed by atoms with van der Waals surface area (Å²) in [5, 5.41) is 16.7. The number of hydrogen-bond acceptors (Lipinski definition) is 2. The Hall–Kier alpha value is -1.02. The predicted octanol–water partition coefficient (Wildman–Crippen LogP) is 4.68. The lowest BCUT2D eigenvalue weighted by molar-refractivity contribution is 0.318. The Kier molecular flexibility index (Phi) is 12.7. The van der Waals surface area contributed by atoms with Gasteiger partial charge in [0, 0.05) is 6.61 Å². The molecule has 1 rings (SSSR count). The average molecular weight is 266 g/mol. The summed E-state index contributed by atoms with van der Waals surface area (Å²) in [5.41, 5.74) is 1.34. The molecule has 0 aliphatic carbocycles. The van der Waals surface area contributed by atoms with Gasteiger partial charge in [-0.25, -0.2) is 0 Å². The van der Waals surface area contributed by atoms with Crippen molar-refractivity contribution >= 4 is 0 Å². The molecular weight excluding hydrogens is 236 g/mol. The first-order chi connectivity index (χ1) is 9.24. The topological polar surface area (TPSA) is 40.5 Å². The molecule has 19 heavy (non-hydrogen) atoms. The fourth-order valence-electron chi connectivity index (χ4n) is 1.95. The van der Waals surface area contributed by atoms with Crippen molar-refractivity contribution in [3.8, 4) is 5.75 Å². The predicted molar refractivity (Wildman–Crippen MR) is 82.6 cm³/mol. The number of unbranched alkanes of at least 4 members (excludes halogenated alkanes) is 6. The van der Waals surface area contributed by atoms with Gasteiger partial charge in [0.2, 0.25) is 0 Å². The molecular formula is C17H30O2. The molecule has 0 atom stereocenters. The third kappa shape index (κ3) is 11.8. The number of phenols is 1. The summed E-state index contributed by atoms with van der Waals surface area (Å²) in [5.74, 6) is 0.364. The fraction of sp³-hybridized carbons (Fsp3) is 0.647. The normalized spacial score (nSPS) is 9.84. The quantitative estimate of drug-likeness (QED) is 0.670. The zero-order valence-corrected chi connectivity index (χ0v) is 12.6. The number of aliphatic hydroxyl groups excluding tert-OH is 1. The molecule has 1 aromatic carbocycles. The van der Waals surface area contributed by atoms with E-state index >= 15 is 0 Å². The molecule has 0 bridgehead atoms. The first-order valence-corrected chi connectivity index (χ1v) is 7.63. The summed E-state index contributed by atoms with van der Waals surface area (Å²) in [6, 6.07) is 7.59. The summed E-state index contributed by atoms with van der Waals surface area (Å²) in [6.45, 7) is 4.19. The Morgan fingerprint density at radius 2 is 1.26 bits per heavy atom. The molecule has 0 radical (unpaired) electrons. The fourth-order valence-corrected chi connectivity index (χ4v) is 1.95. The van der Waals surface area contributed by atoms with Gasteiger partial charge in [0.15, 0.2) is 0 Å². The number of aliphatic hydroxyl groups is 1. The van der Waals surface area contributed by atoms with Gasteiger partial charge in [-0.1, -0.05) is 57.6 Å². The van der Waals surface area contributed by atoms with Crippen molar-refractivity contribution in [2.75, 3.05) is 6.61 Å². The Bertz CT molecular complexity index is 280. The molecule has 0 heterocycles. The Balaban J connectivity index is 0.000000982. The molecule has 0 aliphatic heterocycles. The highest BCUT2D eigenvalue weighted by atomic mass is 16.3. The number of benzene rings is 1. The second-order valence-electron chi connectivity index (χ2n) is 4.85. The summed E-state index contributed by atoms with van der Waals surface area (Å²) in [7, 11) is 0. The van der Waals surface area contributed by atoms with E-state index in [1.54, 1.807) is 19.1 Å². The zero-order valence-electron chi connectivity index (χ0n) is 12.6. The van der Waals surface area contributed by atoms with Crippen LogP contribution in [-0.2, 0) is 6.42 Å². The minimum atomic E-state index is 0.250. The number of phenolic OH excluding ortho intramolecular Hbond substituents is 1. The molecule has 0 aliphatic rings. The molecule has 2 nitrogen and oxygen atoms in total. The van der Waals surface area contributed by atoms with Crippen LogP contribution in [0.25, 0.3) is 0 Å². The van der Waals surface area contributed by atoms with E-state index in [1.807, 2.05) is 12.1 Å². The highest BCUT2D eigenvalue weighted by Crippen LogP contribution is 2.13. The van der Waals surface area contributed by atoms with Crippen LogP contribution in [0.4, 0.5) is 0 Å². The van der Waals surface area contributed by atoms with Crippen LogP contribution in [0.5, 0.6) is 5.75 Å². The lowest BCUT2D eigenvalue weighted by atomic mass is 10.0. The van der Waals surface area contributed by atoms with Crippen molar-refractivity contribution in [2.45, 2.75) is 65.2 Å². The van der Waals surface area contributed by atoms with Gasteiger partial charge >= 0.3 is 0 Å². The highest BCUT2D eigenvalue weighted by molar-refractivity contribution is 5.25. The maximum atomic E-state index is 9.15. The largest absolute Gasteiger partial charge is 0.508 e. The number of rotatable bonds is 8. The highest BCUT2D eigenvalue weighted by Gasteiger charge is 1.94. The standard InChI is InChI=1S/C15H24O.C2H6O/c1-2-3-4-5-6-7-8-9-14-10-12-15(16)13-11-14;1-2-3/h10-13,16H,2-9H2,1H3;3H,2H2,1H3. The monoisotopic (exact) mass is 266 g/mol. The smallest absolute Gasteiger partial charge is 0.115 e. The first-order valence-electron chi connectivity index (χ1n) is 7.63. The second-order valence-corrected chi connectivity index (χ2v) is 4.85. The van der Waals surface area contributed by atoms with Gasteiger partial charge in [0.05, 0.1) is 0 Å². The van der Waals surface area contributed by atoms with Gasteiger partial charge in [0.1, 0.15) is 5.75 Å². The van der Waals surface area contributed by atoms with Crippen molar-refractivity contribution in [3.05, 3.63) is 29.8 Å². The van der Waals surface area contributed by atoms with Crippen molar-refractivity contribution in [1.82, 2.24) is 0 Å². The van der Waals surface area contributed by atoms with Gasteiger partial charge in [-0.2, -0.15) is 0 Å². The molecule has 0 fully saturated rings. The van der Waals surface area contributed by atoms with Crippen LogP contribution in [0.15, 0.2) is 24.3 Å². The molecule has 110 valence electrons. The van der Waals surface area contributed by atoms with E-state index in [9.17, 15) is 0 Å². The van der Waals surface area contributed by atoms with Crippen LogP contribution < -0.4 is 0 Å². The Labute approximate surface area is 118 Å². The Morgan fingerprint density at radius 3 is 1.79 bits per heavy atom. The molecule has 0 amide bonds. The molecule has 2 N–H and O–H groups in total. The minimum Gasteiger partial charge on any atom is -0.508 e. The zero-order chi connectivity index (χ0) is 14.3. The maximum Gasteiger partial charge on any atom is 0.115 e. The van der Waals surface area contributed by atoms with E-state index in [0.717, 1.165) is 6.42 Å². The van der Waals surface area contributed by atoms with Crippen LogP contribution in [0.3, 0.4) is 0 Å². The summed E-state index contributed by atoms with van der Waals surface area (Å²) >= 11 is 0. The SMILES string of the molecule is CCCCCCCCCc1ccc(O)cc1.CCO. The first kappa shape index (κ1) is 18.0. The molecule has 0 saturated carbocycles. The van der Waals surface area contributed by atoms with Gasteiger partial charge in [-0.3, -0.25) is 0 Å². The molecule has 0 spiro atoms.